The van der Waals surface area contributed by atoms with E-state index in [-0.39, 0.29) is 0 Å². The maximum atomic E-state index is 4.68. The minimum Gasteiger partial charge on any atom is -0.358 e. The highest BCUT2D eigenvalue weighted by Gasteiger charge is 2.12. The van der Waals surface area contributed by atoms with Crippen molar-refractivity contribution in [1.82, 2.24) is 19.9 Å². The van der Waals surface area contributed by atoms with Gasteiger partial charge < -0.3 is 4.98 Å². The molecular weight excluding hydrogens is 212 g/mol. The van der Waals surface area contributed by atoms with Gasteiger partial charge in [0.2, 0.25) is 0 Å². The van der Waals surface area contributed by atoms with Gasteiger partial charge in [-0.05, 0) is 24.5 Å². The summed E-state index contributed by atoms with van der Waals surface area (Å²) < 4.78 is 0. The average Bonchev–Trinajstić information content (AvgIpc) is 2.78. The van der Waals surface area contributed by atoms with E-state index < -0.39 is 0 Å². The highest BCUT2D eigenvalue weighted by molar-refractivity contribution is 6.00. The van der Waals surface area contributed by atoms with Crippen molar-refractivity contribution in [1.29, 1.82) is 0 Å². The molecule has 0 unspecified atom stereocenters. The van der Waals surface area contributed by atoms with Gasteiger partial charge in [0.15, 0.2) is 0 Å². The van der Waals surface area contributed by atoms with E-state index in [1.54, 1.807) is 6.33 Å². The van der Waals surface area contributed by atoms with Gasteiger partial charge in [0, 0.05) is 6.20 Å². The lowest BCUT2D eigenvalue weighted by Gasteiger charge is -2.07. The number of rotatable bonds is 2. The molecule has 4 heteroatoms. The molecule has 0 aliphatic heterocycles. The van der Waals surface area contributed by atoms with Gasteiger partial charge in [0.05, 0.1) is 16.7 Å². The van der Waals surface area contributed by atoms with Crippen LogP contribution in [0.2, 0.25) is 0 Å². The van der Waals surface area contributed by atoms with E-state index in [1.165, 1.54) is 0 Å². The molecule has 0 atom stereocenters. The number of hydrogen-bond donors (Lipinski definition) is 1. The molecule has 0 aromatic carbocycles. The fourth-order valence-electron chi connectivity index (χ4n) is 2.10. The normalized spacial score (nSPS) is 11.7. The van der Waals surface area contributed by atoms with Gasteiger partial charge in [-0.25, -0.2) is 15.0 Å². The Hall–Kier alpha value is -1.97. The Bertz CT molecular complexity index is 669. The summed E-state index contributed by atoms with van der Waals surface area (Å²) in [5.74, 6) is 0.563. The predicted molar refractivity (Wildman–Crippen MR) is 67.7 cm³/mol. The number of pyridine rings is 2. The van der Waals surface area contributed by atoms with Gasteiger partial charge in [0.1, 0.15) is 17.4 Å². The van der Waals surface area contributed by atoms with Crippen molar-refractivity contribution in [2.24, 2.45) is 5.92 Å². The van der Waals surface area contributed by atoms with Crippen LogP contribution in [0.3, 0.4) is 0 Å². The molecule has 0 amide bonds. The van der Waals surface area contributed by atoms with Crippen LogP contribution in [0.25, 0.3) is 22.1 Å². The maximum Gasteiger partial charge on any atom is 0.118 e. The molecule has 0 fully saturated rings. The third-order valence-corrected chi connectivity index (χ3v) is 2.80. The number of fused-ring (bicyclic) bond motifs is 3. The molecule has 0 saturated heterocycles. The second-order valence-electron chi connectivity index (χ2n) is 4.66. The molecule has 4 nitrogen and oxygen atoms in total. The van der Waals surface area contributed by atoms with Crippen LogP contribution in [0.1, 0.15) is 19.5 Å². The van der Waals surface area contributed by atoms with E-state index in [9.17, 15) is 0 Å². The van der Waals surface area contributed by atoms with Gasteiger partial charge in [-0.2, -0.15) is 0 Å². The van der Waals surface area contributed by atoms with Crippen LogP contribution in [0, 0.1) is 5.92 Å². The quantitative estimate of drug-likeness (QED) is 0.731. The highest BCUT2D eigenvalue weighted by atomic mass is 14.9. The molecule has 17 heavy (non-hydrogen) atoms. The zero-order valence-corrected chi connectivity index (χ0v) is 9.94. The second-order valence-corrected chi connectivity index (χ2v) is 4.66. The molecule has 0 saturated carbocycles. The molecule has 0 bridgehead atoms. The number of H-pyrrole nitrogens is 1. The molecule has 3 aromatic rings. The molecule has 0 radical (unpaired) electrons. The number of aromatic nitrogens is 4. The number of nitrogens with one attached hydrogen (secondary N) is 1. The number of aromatic amines is 1. The Morgan fingerprint density at radius 3 is 2.88 bits per heavy atom. The summed E-state index contributed by atoms with van der Waals surface area (Å²) in [7, 11) is 0. The van der Waals surface area contributed by atoms with E-state index in [4.69, 9.17) is 0 Å². The number of nitrogens with zero attached hydrogens (tertiary/aromatic N) is 3. The predicted octanol–water partition coefficient (Wildman–Crippen LogP) is 2.70. The van der Waals surface area contributed by atoms with Crippen molar-refractivity contribution in [3.8, 4) is 0 Å². The first kappa shape index (κ1) is 10.2. The standard InChI is InChI=1S/C13H14N4/c1-8(2)6-10-12-13(16-7-15-12)11-9(17-10)4-3-5-14-11/h3-5,7-8,14H,6H2,1-2H3. The van der Waals surface area contributed by atoms with Crippen LogP contribution < -0.4 is 0 Å². The second kappa shape index (κ2) is 3.80. The van der Waals surface area contributed by atoms with E-state index in [2.05, 4.69) is 33.8 Å². The summed E-state index contributed by atoms with van der Waals surface area (Å²) in [6.45, 7) is 4.37. The Morgan fingerprint density at radius 1 is 1.24 bits per heavy atom. The van der Waals surface area contributed by atoms with Gasteiger partial charge >= 0.3 is 0 Å². The third-order valence-electron chi connectivity index (χ3n) is 2.80. The number of hydrogen-bond acceptors (Lipinski definition) is 3. The molecule has 3 aromatic heterocycles. The first-order valence-electron chi connectivity index (χ1n) is 5.82. The Labute approximate surface area is 99.1 Å². The molecular formula is C13H14N4. The van der Waals surface area contributed by atoms with E-state index in [0.29, 0.717) is 5.92 Å². The molecule has 86 valence electrons. The Kier molecular flexibility index (Phi) is 2.28. The summed E-state index contributed by atoms with van der Waals surface area (Å²) in [4.78, 5) is 16.5. The van der Waals surface area contributed by atoms with Crippen molar-refractivity contribution in [3.05, 3.63) is 30.4 Å². The molecule has 0 aliphatic rings. The zero-order chi connectivity index (χ0) is 11.8. The maximum absolute atomic E-state index is 4.68. The van der Waals surface area contributed by atoms with Crippen molar-refractivity contribution >= 4 is 22.1 Å². The lowest BCUT2D eigenvalue weighted by Crippen LogP contribution is -1.99. The molecule has 1 N–H and O–H groups in total. The lowest BCUT2D eigenvalue weighted by molar-refractivity contribution is 0.640. The van der Waals surface area contributed by atoms with Crippen molar-refractivity contribution in [2.75, 3.05) is 0 Å². The van der Waals surface area contributed by atoms with Crippen LogP contribution >= 0.6 is 0 Å². The first-order chi connectivity index (χ1) is 8.25. The van der Waals surface area contributed by atoms with E-state index in [0.717, 1.165) is 34.2 Å². The molecule has 3 rings (SSSR count). The summed E-state index contributed by atoms with van der Waals surface area (Å²) in [5.41, 5.74) is 4.81. The SMILES string of the molecule is CC(C)Cc1nc2ccc[nH]c2c2ncnc12. The largest absolute Gasteiger partial charge is 0.358 e. The van der Waals surface area contributed by atoms with Crippen LogP contribution in [0.15, 0.2) is 24.7 Å². The minimum atomic E-state index is 0.563. The molecule has 3 heterocycles. The molecule has 0 spiro atoms. The lowest BCUT2D eigenvalue weighted by atomic mass is 10.1. The fourth-order valence-corrected chi connectivity index (χ4v) is 2.10. The molecule has 0 aliphatic carbocycles. The number of imidazole rings is 1. The van der Waals surface area contributed by atoms with E-state index >= 15 is 0 Å². The van der Waals surface area contributed by atoms with Gasteiger partial charge in [-0.15, -0.1) is 0 Å². The van der Waals surface area contributed by atoms with Crippen LogP contribution in [0.5, 0.6) is 0 Å². The van der Waals surface area contributed by atoms with Crippen LogP contribution in [-0.2, 0) is 6.42 Å². The zero-order valence-electron chi connectivity index (χ0n) is 9.94. The first-order valence-corrected chi connectivity index (χ1v) is 5.82. The third kappa shape index (κ3) is 1.65. The Morgan fingerprint density at radius 2 is 2.06 bits per heavy atom. The minimum absolute atomic E-state index is 0.563. The fraction of sp³-hybridized carbons (Fsp3) is 0.308. The summed E-state index contributed by atoms with van der Waals surface area (Å²) in [6.07, 6.45) is 4.43. The highest BCUT2D eigenvalue weighted by Crippen LogP contribution is 2.23. The van der Waals surface area contributed by atoms with Crippen molar-refractivity contribution in [2.45, 2.75) is 20.3 Å². The van der Waals surface area contributed by atoms with Crippen LogP contribution in [-0.4, -0.2) is 19.9 Å². The summed E-state index contributed by atoms with van der Waals surface area (Å²) in [6, 6.07) is 3.96. The topological polar surface area (TPSA) is 54.5 Å². The average molecular weight is 226 g/mol. The summed E-state index contributed by atoms with van der Waals surface area (Å²) in [5, 5.41) is 0. The monoisotopic (exact) mass is 226 g/mol. The van der Waals surface area contributed by atoms with E-state index in [1.807, 2.05) is 18.3 Å². The van der Waals surface area contributed by atoms with Crippen LogP contribution in [0.4, 0.5) is 0 Å². The Balaban J connectivity index is 2.35. The van der Waals surface area contributed by atoms with Crippen molar-refractivity contribution < 1.29 is 0 Å². The smallest absolute Gasteiger partial charge is 0.118 e. The van der Waals surface area contributed by atoms with Crippen molar-refractivity contribution in [3.63, 3.8) is 0 Å². The van der Waals surface area contributed by atoms with Gasteiger partial charge in [-0.1, -0.05) is 13.8 Å². The summed E-state index contributed by atoms with van der Waals surface area (Å²) >= 11 is 0. The van der Waals surface area contributed by atoms with Gasteiger partial charge in [0.25, 0.3) is 0 Å². The van der Waals surface area contributed by atoms with Gasteiger partial charge in [-0.3, -0.25) is 0 Å².